The average molecular weight is 350 g/mol. The van der Waals surface area contributed by atoms with E-state index in [9.17, 15) is 9.59 Å². The molecule has 0 spiro atoms. The lowest BCUT2D eigenvalue weighted by Crippen LogP contribution is -2.63. The summed E-state index contributed by atoms with van der Waals surface area (Å²) < 4.78 is 0. The van der Waals surface area contributed by atoms with Gasteiger partial charge in [-0.25, -0.2) is 0 Å². The molecule has 9 nitrogen and oxygen atoms in total. The van der Waals surface area contributed by atoms with E-state index in [4.69, 9.17) is 10.6 Å². The molecule has 1 aliphatic carbocycles. The molecule has 3 fully saturated rings. The molecular formula is C14H18N6O3S. The Morgan fingerprint density at radius 1 is 1.33 bits per heavy atom. The average Bonchev–Trinajstić information content (AvgIpc) is 3.21. The Morgan fingerprint density at radius 2 is 2.08 bits per heavy atom. The van der Waals surface area contributed by atoms with Crippen LogP contribution in [0.4, 0.5) is 5.13 Å². The van der Waals surface area contributed by atoms with Gasteiger partial charge in [0.15, 0.2) is 0 Å². The highest BCUT2D eigenvalue weighted by Crippen LogP contribution is 2.42. The first-order valence-electron chi connectivity index (χ1n) is 7.89. The lowest BCUT2D eigenvalue weighted by molar-refractivity contribution is -0.149. The monoisotopic (exact) mass is 350 g/mol. The summed E-state index contributed by atoms with van der Waals surface area (Å²) in [5, 5.41) is 15.7. The van der Waals surface area contributed by atoms with Crippen LogP contribution in [0.15, 0.2) is 5.16 Å². The number of oxime groups is 1. The Balaban J connectivity index is 1.34. The first kappa shape index (κ1) is 15.3. The van der Waals surface area contributed by atoms with Crippen LogP contribution in [-0.2, 0) is 9.63 Å². The Bertz CT molecular complexity index is 707. The number of rotatable bonds is 4. The maximum Gasteiger partial charge on any atom is 0.279 e. The van der Waals surface area contributed by atoms with Gasteiger partial charge in [0.05, 0.1) is 5.71 Å². The highest BCUT2D eigenvalue weighted by Gasteiger charge is 2.49. The van der Waals surface area contributed by atoms with Crippen LogP contribution in [0.25, 0.3) is 0 Å². The second-order valence-corrected chi connectivity index (χ2v) is 7.55. The van der Waals surface area contributed by atoms with E-state index in [0.717, 1.165) is 23.5 Å². The molecular weight excluding hydrogens is 332 g/mol. The maximum absolute atomic E-state index is 12.5. The molecule has 1 aromatic rings. The van der Waals surface area contributed by atoms with E-state index >= 15 is 0 Å². The van der Waals surface area contributed by atoms with Crippen LogP contribution < -0.4 is 11.1 Å². The van der Waals surface area contributed by atoms with Crippen molar-refractivity contribution < 1.29 is 14.4 Å². The van der Waals surface area contributed by atoms with Crippen LogP contribution >= 0.6 is 11.3 Å². The number of piperidine rings is 2. The number of fused-ring (bicyclic) bond motifs is 2. The highest BCUT2D eigenvalue weighted by molar-refractivity contribution is 7.17. The largest absolute Gasteiger partial charge is 0.382 e. The summed E-state index contributed by atoms with van der Waals surface area (Å²) in [6, 6.07) is 0.255. The van der Waals surface area contributed by atoms with Crippen LogP contribution in [0, 0.1) is 11.8 Å². The van der Waals surface area contributed by atoms with E-state index in [1.165, 1.54) is 0 Å². The van der Waals surface area contributed by atoms with Gasteiger partial charge in [0.2, 0.25) is 16.2 Å². The van der Waals surface area contributed by atoms with Gasteiger partial charge in [-0.2, -0.15) is 0 Å². The van der Waals surface area contributed by atoms with Gasteiger partial charge >= 0.3 is 0 Å². The topological polar surface area (TPSA) is 123 Å². The van der Waals surface area contributed by atoms with Crippen LogP contribution in [0.2, 0.25) is 0 Å². The number of anilines is 1. The van der Waals surface area contributed by atoms with Gasteiger partial charge in [-0.05, 0) is 25.2 Å². The molecule has 5 rings (SSSR count). The van der Waals surface area contributed by atoms with E-state index in [-0.39, 0.29) is 17.0 Å². The second kappa shape index (κ2) is 5.69. The van der Waals surface area contributed by atoms with Crippen molar-refractivity contribution in [2.75, 3.05) is 18.4 Å². The van der Waals surface area contributed by atoms with Crippen LogP contribution in [0.3, 0.4) is 0 Å². The van der Waals surface area contributed by atoms with Crippen molar-refractivity contribution in [1.29, 1.82) is 0 Å². The van der Waals surface area contributed by atoms with E-state index in [0.29, 0.717) is 36.5 Å². The summed E-state index contributed by atoms with van der Waals surface area (Å²) in [4.78, 5) is 30.7. The van der Waals surface area contributed by atoms with Crippen molar-refractivity contribution in [1.82, 2.24) is 15.1 Å². The molecule has 2 amide bonds. The summed E-state index contributed by atoms with van der Waals surface area (Å²) in [5.41, 5.74) is 6.05. The van der Waals surface area contributed by atoms with E-state index in [2.05, 4.69) is 20.7 Å². The SMILES string of the molecule is CC1=NOC(C(=O)N2CC3CC(C2)C3Nc2nnc(C(N)=O)s2)C1. The maximum atomic E-state index is 12.5. The number of carbonyl (C=O) groups excluding carboxylic acids is 2. The van der Waals surface area contributed by atoms with E-state index in [1.807, 2.05) is 11.8 Å². The molecule has 2 saturated heterocycles. The molecule has 1 saturated carbocycles. The number of hydrogen-bond acceptors (Lipinski definition) is 8. The number of nitrogens with two attached hydrogens (primary N) is 1. The van der Waals surface area contributed by atoms with Crippen LogP contribution in [-0.4, -0.2) is 57.9 Å². The van der Waals surface area contributed by atoms with Gasteiger partial charge in [0.1, 0.15) is 0 Å². The van der Waals surface area contributed by atoms with Crippen molar-refractivity contribution in [3.63, 3.8) is 0 Å². The normalized spacial score (nSPS) is 31.0. The summed E-state index contributed by atoms with van der Waals surface area (Å²) in [6.45, 7) is 3.27. The fourth-order valence-corrected chi connectivity index (χ4v) is 4.30. The molecule has 0 aromatic carbocycles. The summed E-state index contributed by atoms with van der Waals surface area (Å²) in [7, 11) is 0. The number of primary amides is 1. The third kappa shape index (κ3) is 2.60. The minimum absolute atomic E-state index is 0.0238. The van der Waals surface area contributed by atoms with Gasteiger partial charge in [-0.1, -0.05) is 16.5 Å². The zero-order valence-corrected chi connectivity index (χ0v) is 14.0. The molecule has 0 radical (unpaired) electrons. The molecule has 24 heavy (non-hydrogen) atoms. The third-order valence-corrected chi connectivity index (χ3v) is 5.73. The van der Waals surface area contributed by atoms with Crippen molar-refractivity contribution in [3.05, 3.63) is 5.01 Å². The van der Waals surface area contributed by atoms with E-state index < -0.39 is 12.0 Å². The third-order valence-electron chi connectivity index (χ3n) is 4.86. The second-order valence-electron chi connectivity index (χ2n) is 6.57. The lowest BCUT2D eigenvalue weighted by Gasteiger charge is -2.53. The van der Waals surface area contributed by atoms with Gasteiger partial charge in [-0.3, -0.25) is 9.59 Å². The Kier molecular flexibility index (Phi) is 3.63. The predicted molar refractivity (Wildman–Crippen MR) is 86.6 cm³/mol. The van der Waals surface area contributed by atoms with E-state index in [1.54, 1.807) is 0 Å². The number of nitrogens with zero attached hydrogens (tertiary/aromatic N) is 4. The number of nitrogens with one attached hydrogen (secondary N) is 1. The fourth-order valence-electron chi connectivity index (χ4n) is 3.66. The fraction of sp³-hybridized carbons (Fsp3) is 0.643. The number of amides is 2. The predicted octanol–water partition coefficient (Wildman–Crippen LogP) is 0.0606. The standard InChI is InChI=1S/C14H18N6O3S/c1-6-2-9(23-19-6)13(22)20-4-7-3-8(5-20)10(7)16-14-18-17-12(24-14)11(15)21/h7-10H,2-5H2,1H3,(H2,15,21)(H,16,18). The minimum Gasteiger partial charge on any atom is -0.382 e. The molecule has 2 bridgehead atoms. The number of hydrogen-bond donors (Lipinski definition) is 2. The molecule has 3 unspecified atom stereocenters. The van der Waals surface area contributed by atoms with Gasteiger partial charge in [-0.15, -0.1) is 10.2 Å². The molecule has 128 valence electrons. The zero-order valence-electron chi connectivity index (χ0n) is 13.1. The zero-order chi connectivity index (χ0) is 16.8. The smallest absolute Gasteiger partial charge is 0.279 e. The summed E-state index contributed by atoms with van der Waals surface area (Å²) in [6.07, 6.45) is 1.20. The Hall–Kier alpha value is -2.23. The van der Waals surface area contributed by atoms with Gasteiger partial charge in [0, 0.05) is 25.6 Å². The molecule has 4 aliphatic rings. The first-order valence-corrected chi connectivity index (χ1v) is 8.71. The van der Waals surface area contributed by atoms with Crippen molar-refractivity contribution in [3.8, 4) is 0 Å². The van der Waals surface area contributed by atoms with Crippen molar-refractivity contribution in [2.24, 2.45) is 22.7 Å². The van der Waals surface area contributed by atoms with Gasteiger partial charge in [0.25, 0.3) is 11.8 Å². The summed E-state index contributed by atoms with van der Waals surface area (Å²) >= 11 is 1.16. The highest BCUT2D eigenvalue weighted by atomic mass is 32.1. The first-order chi connectivity index (χ1) is 11.5. The summed E-state index contributed by atoms with van der Waals surface area (Å²) in [5.74, 6) is 0.199. The Morgan fingerprint density at radius 3 is 2.67 bits per heavy atom. The van der Waals surface area contributed by atoms with Crippen molar-refractivity contribution >= 4 is 34.0 Å². The Labute approximate surface area is 142 Å². The van der Waals surface area contributed by atoms with Gasteiger partial charge < -0.3 is 20.8 Å². The molecule has 3 N–H and O–H groups in total. The van der Waals surface area contributed by atoms with Crippen LogP contribution in [0.1, 0.15) is 29.6 Å². The lowest BCUT2D eigenvalue weighted by atomic mass is 9.66. The number of carbonyl (C=O) groups is 2. The molecule has 4 heterocycles. The quantitative estimate of drug-likeness (QED) is 0.791. The molecule has 10 heteroatoms. The number of aromatic nitrogens is 2. The van der Waals surface area contributed by atoms with Crippen LogP contribution in [0.5, 0.6) is 0 Å². The molecule has 3 atom stereocenters. The van der Waals surface area contributed by atoms with Crippen molar-refractivity contribution in [2.45, 2.75) is 31.9 Å². The minimum atomic E-state index is -0.569. The molecule has 3 aliphatic heterocycles. The molecule has 1 aromatic heterocycles.